The zero-order chi connectivity index (χ0) is 21.6. The Kier molecular flexibility index (Phi) is 6.84. The van der Waals surface area contributed by atoms with E-state index in [1.165, 1.54) is 55.6 Å². The molecule has 159 valence electrons. The second-order valence-corrected chi connectivity index (χ2v) is 8.79. The van der Waals surface area contributed by atoms with Gasteiger partial charge in [0.05, 0.1) is 0 Å². The molecule has 0 unspecified atom stereocenters. The van der Waals surface area contributed by atoms with Crippen LogP contribution in [0.4, 0.5) is 0 Å². The van der Waals surface area contributed by atoms with Crippen molar-refractivity contribution in [3.05, 3.63) is 109 Å². The van der Waals surface area contributed by atoms with Crippen molar-refractivity contribution in [3.8, 4) is 0 Å². The Balaban J connectivity index is 0.00000272. The van der Waals surface area contributed by atoms with Crippen LogP contribution in [0.1, 0.15) is 67.7 Å². The van der Waals surface area contributed by atoms with Gasteiger partial charge in [-0.05, 0) is 105 Å². The zero-order valence-corrected chi connectivity index (χ0v) is 21.0. The molecule has 1 aliphatic heterocycles. The fourth-order valence-corrected chi connectivity index (χ4v) is 4.44. The van der Waals surface area contributed by atoms with Crippen LogP contribution < -0.4 is 0 Å². The van der Waals surface area contributed by atoms with Crippen LogP contribution in [0, 0.1) is 48.5 Å². The summed E-state index contributed by atoms with van der Waals surface area (Å²) in [6.07, 6.45) is 0. The van der Waals surface area contributed by atoms with Crippen LogP contribution in [0.3, 0.4) is 0 Å². The molecule has 3 heteroatoms. The molecule has 1 aliphatic rings. The van der Waals surface area contributed by atoms with Gasteiger partial charge in [0, 0.05) is 18.6 Å². The second kappa shape index (κ2) is 9.06. The third-order valence-electron chi connectivity index (χ3n) is 6.88. The molecule has 31 heavy (non-hydrogen) atoms. The standard InChI is InChI=1S/C28H31N2.V/c1-16-8-12-23(13-9-16)26-27(24-14-10-17(2)11-15-24)30-28(29-26)25-21(6)19(4)18(3)20(5)22(25)7;/h8-15,26-27H,1-7H3;/q-1;/t26-,27+;. The Morgan fingerprint density at radius 3 is 1.48 bits per heavy atom. The van der Waals surface area contributed by atoms with Gasteiger partial charge >= 0.3 is 0 Å². The van der Waals surface area contributed by atoms with Crippen molar-refractivity contribution in [2.24, 2.45) is 4.99 Å². The Hall–Kier alpha value is -2.29. The summed E-state index contributed by atoms with van der Waals surface area (Å²) in [6, 6.07) is 17.5. The fraction of sp³-hybridized carbons (Fsp3) is 0.321. The second-order valence-electron chi connectivity index (χ2n) is 8.79. The maximum absolute atomic E-state index is 5.22. The average Bonchev–Trinajstić information content (AvgIpc) is 3.17. The molecule has 4 rings (SSSR count). The number of amidine groups is 1. The molecule has 0 bridgehead atoms. The smallest absolute Gasteiger partial charge is 0 e. The van der Waals surface area contributed by atoms with Crippen LogP contribution >= 0.6 is 0 Å². The summed E-state index contributed by atoms with van der Waals surface area (Å²) in [5.41, 5.74) is 12.8. The molecule has 0 saturated carbocycles. The largest absolute Gasteiger partial charge is 0.457 e. The van der Waals surface area contributed by atoms with Crippen molar-refractivity contribution in [3.63, 3.8) is 0 Å². The minimum Gasteiger partial charge on any atom is -0.457 e. The first-order valence-electron chi connectivity index (χ1n) is 10.8. The van der Waals surface area contributed by atoms with Crippen LogP contribution in [-0.2, 0) is 18.6 Å². The summed E-state index contributed by atoms with van der Waals surface area (Å²) in [5, 5.41) is 5.22. The number of aliphatic imine (C=N–C) groups is 1. The Bertz CT molecular complexity index is 1100. The minimum absolute atomic E-state index is 0. The van der Waals surface area contributed by atoms with Crippen molar-refractivity contribution >= 4 is 5.84 Å². The van der Waals surface area contributed by atoms with Gasteiger partial charge in [0.15, 0.2) is 0 Å². The molecule has 3 aromatic carbocycles. The van der Waals surface area contributed by atoms with Crippen molar-refractivity contribution in [2.45, 2.75) is 60.5 Å². The van der Waals surface area contributed by atoms with E-state index in [0.717, 1.165) is 5.84 Å². The van der Waals surface area contributed by atoms with E-state index in [2.05, 4.69) is 97.0 Å². The fourth-order valence-electron chi connectivity index (χ4n) is 4.44. The normalized spacial score (nSPS) is 17.7. The van der Waals surface area contributed by atoms with Gasteiger partial charge in [0.1, 0.15) is 0 Å². The zero-order valence-electron chi connectivity index (χ0n) is 19.6. The van der Waals surface area contributed by atoms with Crippen molar-refractivity contribution in [1.82, 2.24) is 0 Å². The van der Waals surface area contributed by atoms with Gasteiger partial charge in [-0.3, -0.25) is 0 Å². The van der Waals surface area contributed by atoms with E-state index in [0.29, 0.717) is 0 Å². The van der Waals surface area contributed by atoms with E-state index in [1.54, 1.807) is 0 Å². The van der Waals surface area contributed by atoms with Gasteiger partial charge in [-0.25, -0.2) is 0 Å². The maximum Gasteiger partial charge on any atom is 0 e. The van der Waals surface area contributed by atoms with E-state index in [-0.39, 0.29) is 30.6 Å². The van der Waals surface area contributed by atoms with Gasteiger partial charge in [0.25, 0.3) is 0 Å². The summed E-state index contributed by atoms with van der Waals surface area (Å²) < 4.78 is 0. The summed E-state index contributed by atoms with van der Waals surface area (Å²) in [5.74, 6) is 0.896. The molecule has 1 radical (unpaired) electrons. The van der Waals surface area contributed by atoms with Crippen LogP contribution in [-0.4, -0.2) is 5.84 Å². The first kappa shape index (κ1) is 23.4. The SMILES string of the molecule is Cc1ccc([C@H]2N=C(c3c(C)c(C)c(C)c(C)c3C)[N-][C@H]2c2ccc(C)cc2)cc1.[V]. The quantitative estimate of drug-likeness (QED) is 0.399. The van der Waals surface area contributed by atoms with E-state index >= 15 is 0 Å². The molecule has 0 saturated heterocycles. The molecule has 0 amide bonds. The monoisotopic (exact) mass is 446 g/mol. The Morgan fingerprint density at radius 1 is 0.581 bits per heavy atom. The molecule has 3 aromatic rings. The van der Waals surface area contributed by atoms with Gasteiger partial charge in [0.2, 0.25) is 0 Å². The summed E-state index contributed by atoms with van der Waals surface area (Å²) in [6.45, 7) is 15.3. The van der Waals surface area contributed by atoms with Crippen molar-refractivity contribution in [2.75, 3.05) is 0 Å². The molecule has 1 heterocycles. The molecule has 2 nitrogen and oxygen atoms in total. The van der Waals surface area contributed by atoms with Gasteiger partial charge in [-0.2, -0.15) is 0 Å². The predicted molar refractivity (Wildman–Crippen MR) is 128 cm³/mol. The van der Waals surface area contributed by atoms with Crippen LogP contribution in [0.25, 0.3) is 5.32 Å². The van der Waals surface area contributed by atoms with Gasteiger partial charge in [-0.1, -0.05) is 65.5 Å². The number of hydrogen-bond acceptors (Lipinski definition) is 1. The molecule has 0 spiro atoms. The summed E-state index contributed by atoms with van der Waals surface area (Å²) >= 11 is 0. The number of rotatable bonds is 3. The molecule has 0 aromatic heterocycles. The van der Waals surface area contributed by atoms with E-state index in [9.17, 15) is 0 Å². The summed E-state index contributed by atoms with van der Waals surface area (Å²) in [7, 11) is 0. The van der Waals surface area contributed by atoms with Gasteiger partial charge in [-0.15, -0.1) is 0 Å². The Morgan fingerprint density at radius 2 is 1.00 bits per heavy atom. The molecule has 0 aliphatic carbocycles. The summed E-state index contributed by atoms with van der Waals surface area (Å²) in [4.78, 5) is 5.22. The van der Waals surface area contributed by atoms with E-state index in [4.69, 9.17) is 10.3 Å². The molecule has 2 atom stereocenters. The van der Waals surface area contributed by atoms with E-state index in [1.807, 2.05) is 0 Å². The van der Waals surface area contributed by atoms with E-state index < -0.39 is 0 Å². The third-order valence-corrected chi connectivity index (χ3v) is 6.88. The molecule has 0 N–H and O–H groups in total. The predicted octanol–water partition coefficient (Wildman–Crippen LogP) is 7.46. The number of hydrogen-bond donors (Lipinski definition) is 0. The minimum atomic E-state index is 0. The average molecular weight is 447 g/mol. The number of aryl methyl sites for hydroxylation is 2. The van der Waals surface area contributed by atoms with Crippen LogP contribution in [0.2, 0.25) is 0 Å². The molecule has 0 fully saturated rings. The molecular formula is C28H31N2V-. The number of nitrogens with zero attached hydrogens (tertiary/aromatic N) is 2. The first-order chi connectivity index (χ1) is 14.3. The topological polar surface area (TPSA) is 26.5 Å². The van der Waals surface area contributed by atoms with Gasteiger partial charge < -0.3 is 10.3 Å². The number of benzene rings is 3. The van der Waals surface area contributed by atoms with Crippen molar-refractivity contribution in [1.29, 1.82) is 0 Å². The molecular weight excluding hydrogens is 415 g/mol. The first-order valence-corrected chi connectivity index (χ1v) is 10.8. The van der Waals surface area contributed by atoms with Crippen LogP contribution in [0.5, 0.6) is 0 Å². The third kappa shape index (κ3) is 4.24. The van der Waals surface area contributed by atoms with Crippen LogP contribution in [0.15, 0.2) is 53.5 Å². The maximum atomic E-state index is 5.22. The Labute approximate surface area is 199 Å². The van der Waals surface area contributed by atoms with Crippen molar-refractivity contribution < 1.29 is 18.6 Å².